The first kappa shape index (κ1) is 17.8. The van der Waals surface area contributed by atoms with Crippen molar-refractivity contribution in [2.75, 3.05) is 53.6 Å². The Balaban J connectivity index is 4.15. The Hall–Kier alpha value is -0.200. The van der Waals surface area contributed by atoms with E-state index in [0.29, 0.717) is 32.3 Å². The summed E-state index contributed by atoms with van der Waals surface area (Å²) < 4.78 is 10.2. The van der Waals surface area contributed by atoms with Gasteiger partial charge in [-0.1, -0.05) is 13.8 Å². The maximum absolute atomic E-state index is 10.3. The quantitative estimate of drug-likeness (QED) is 0.562. The molecule has 0 aliphatic rings. The van der Waals surface area contributed by atoms with Gasteiger partial charge in [0.1, 0.15) is 0 Å². The number of aliphatic hydroxyl groups is 1. The van der Waals surface area contributed by atoms with Crippen molar-refractivity contribution >= 4 is 0 Å². The molecule has 0 heterocycles. The first-order chi connectivity index (χ1) is 8.41. The Morgan fingerprint density at radius 3 is 2.06 bits per heavy atom. The maximum Gasteiger partial charge on any atom is 0.0869 e. The van der Waals surface area contributed by atoms with Crippen molar-refractivity contribution in [3.05, 3.63) is 0 Å². The number of nitrogens with one attached hydrogen (secondary N) is 1. The molecule has 0 aromatic rings. The molecule has 0 saturated heterocycles. The molecule has 0 saturated carbocycles. The predicted octanol–water partition coefficient (Wildman–Crippen LogP) is 0.330. The predicted molar refractivity (Wildman–Crippen MR) is 74.0 cm³/mol. The molecule has 0 fully saturated rings. The lowest BCUT2D eigenvalue weighted by Crippen LogP contribution is -2.50. The molecular weight excluding hydrogens is 232 g/mol. The van der Waals surface area contributed by atoms with Crippen LogP contribution >= 0.6 is 0 Å². The summed E-state index contributed by atoms with van der Waals surface area (Å²) in [6.45, 7) is 10.1. The molecule has 0 spiro atoms. The van der Waals surface area contributed by atoms with Gasteiger partial charge in [0.2, 0.25) is 0 Å². The normalized spacial score (nSPS) is 15.3. The number of hydrogen-bond donors (Lipinski definition) is 2. The number of ether oxygens (including phenoxy) is 2. The monoisotopic (exact) mass is 262 g/mol. The fourth-order valence-electron chi connectivity index (χ4n) is 1.67. The van der Waals surface area contributed by atoms with Gasteiger partial charge in [0.15, 0.2) is 0 Å². The molecule has 1 atom stereocenters. The molecule has 5 heteroatoms. The Labute approximate surface area is 111 Å². The lowest BCUT2D eigenvalue weighted by atomic mass is 10.1. The maximum atomic E-state index is 10.3. The summed E-state index contributed by atoms with van der Waals surface area (Å²) in [6.07, 6.45) is 0. The summed E-state index contributed by atoms with van der Waals surface area (Å²) in [4.78, 5) is 2.16. The third-order valence-corrected chi connectivity index (χ3v) is 2.68. The van der Waals surface area contributed by atoms with Gasteiger partial charge in [0, 0.05) is 46.4 Å². The van der Waals surface area contributed by atoms with Crippen LogP contribution in [0.15, 0.2) is 0 Å². The van der Waals surface area contributed by atoms with E-state index in [4.69, 9.17) is 9.47 Å². The van der Waals surface area contributed by atoms with Crippen LogP contribution in [-0.4, -0.2) is 75.3 Å². The van der Waals surface area contributed by atoms with Crippen LogP contribution in [0.5, 0.6) is 0 Å². The summed E-state index contributed by atoms with van der Waals surface area (Å²) in [6, 6.07) is 0.378. The van der Waals surface area contributed by atoms with Crippen LogP contribution in [-0.2, 0) is 9.47 Å². The van der Waals surface area contributed by atoms with E-state index in [1.165, 1.54) is 0 Å². The molecular formula is C13H30N2O3. The zero-order chi connectivity index (χ0) is 14.0. The highest BCUT2D eigenvalue weighted by molar-refractivity contribution is 4.80. The third-order valence-electron chi connectivity index (χ3n) is 2.68. The summed E-state index contributed by atoms with van der Waals surface area (Å²) in [7, 11) is 3.37. The molecule has 0 radical (unpaired) electrons. The average Bonchev–Trinajstić information content (AvgIpc) is 2.30. The molecule has 5 nitrogen and oxygen atoms in total. The van der Waals surface area contributed by atoms with Crippen LogP contribution in [0, 0.1) is 0 Å². The summed E-state index contributed by atoms with van der Waals surface area (Å²) >= 11 is 0. The van der Waals surface area contributed by atoms with E-state index in [1.807, 2.05) is 6.92 Å². The minimum absolute atomic E-state index is 0.378. The van der Waals surface area contributed by atoms with Crippen LogP contribution in [0.3, 0.4) is 0 Å². The summed E-state index contributed by atoms with van der Waals surface area (Å²) in [5.41, 5.74) is -0.744. The summed E-state index contributed by atoms with van der Waals surface area (Å²) in [5, 5.41) is 13.6. The molecule has 0 aliphatic carbocycles. The molecule has 0 amide bonds. The van der Waals surface area contributed by atoms with Gasteiger partial charge in [-0.15, -0.1) is 0 Å². The number of nitrogens with zero attached hydrogens (tertiary/aromatic N) is 1. The van der Waals surface area contributed by atoms with Gasteiger partial charge in [-0.25, -0.2) is 0 Å². The molecule has 0 aromatic heterocycles. The minimum Gasteiger partial charge on any atom is -0.388 e. The largest absolute Gasteiger partial charge is 0.388 e. The van der Waals surface area contributed by atoms with Crippen molar-refractivity contribution in [2.24, 2.45) is 0 Å². The van der Waals surface area contributed by atoms with Crippen molar-refractivity contribution in [3.8, 4) is 0 Å². The van der Waals surface area contributed by atoms with E-state index in [1.54, 1.807) is 14.2 Å². The molecule has 110 valence electrons. The fourth-order valence-corrected chi connectivity index (χ4v) is 1.67. The van der Waals surface area contributed by atoms with E-state index in [0.717, 1.165) is 13.1 Å². The van der Waals surface area contributed by atoms with E-state index in [9.17, 15) is 5.11 Å². The Morgan fingerprint density at radius 2 is 1.67 bits per heavy atom. The average molecular weight is 262 g/mol. The Bertz CT molecular complexity index is 191. The molecule has 18 heavy (non-hydrogen) atoms. The van der Waals surface area contributed by atoms with Crippen LogP contribution in [0.1, 0.15) is 20.8 Å². The first-order valence-corrected chi connectivity index (χ1v) is 6.57. The van der Waals surface area contributed by atoms with Gasteiger partial charge in [0.05, 0.1) is 18.8 Å². The van der Waals surface area contributed by atoms with E-state index >= 15 is 0 Å². The number of methoxy groups -OCH3 is 2. The van der Waals surface area contributed by atoms with E-state index in [-0.39, 0.29) is 0 Å². The van der Waals surface area contributed by atoms with Gasteiger partial charge in [0.25, 0.3) is 0 Å². The van der Waals surface area contributed by atoms with Crippen molar-refractivity contribution in [1.82, 2.24) is 10.2 Å². The fraction of sp³-hybridized carbons (Fsp3) is 1.00. The zero-order valence-corrected chi connectivity index (χ0v) is 12.5. The highest BCUT2D eigenvalue weighted by Gasteiger charge is 2.23. The zero-order valence-electron chi connectivity index (χ0n) is 12.5. The van der Waals surface area contributed by atoms with Crippen LogP contribution in [0.25, 0.3) is 0 Å². The van der Waals surface area contributed by atoms with Gasteiger partial charge in [-0.2, -0.15) is 0 Å². The van der Waals surface area contributed by atoms with Gasteiger partial charge in [-0.05, 0) is 6.92 Å². The van der Waals surface area contributed by atoms with Gasteiger partial charge in [-0.3, -0.25) is 4.90 Å². The smallest absolute Gasteiger partial charge is 0.0869 e. The first-order valence-electron chi connectivity index (χ1n) is 6.57. The van der Waals surface area contributed by atoms with Crippen LogP contribution in [0.4, 0.5) is 0 Å². The highest BCUT2D eigenvalue weighted by Crippen LogP contribution is 2.06. The molecule has 1 unspecified atom stereocenters. The van der Waals surface area contributed by atoms with Gasteiger partial charge < -0.3 is 19.9 Å². The van der Waals surface area contributed by atoms with Crippen molar-refractivity contribution in [3.63, 3.8) is 0 Å². The van der Waals surface area contributed by atoms with Crippen molar-refractivity contribution in [1.29, 1.82) is 0 Å². The second-order valence-electron chi connectivity index (χ2n) is 5.29. The highest BCUT2D eigenvalue weighted by atomic mass is 16.5. The molecule has 0 aliphatic heterocycles. The molecule has 2 N–H and O–H groups in total. The van der Waals surface area contributed by atoms with Crippen LogP contribution in [0.2, 0.25) is 0 Å². The standard InChI is InChI=1S/C13H30N2O3/c1-12(2)14-10-13(3,16)11-15(6-8-17-4)7-9-18-5/h12,14,16H,6-11H2,1-5H3. The van der Waals surface area contributed by atoms with Crippen molar-refractivity contribution in [2.45, 2.75) is 32.4 Å². The van der Waals surface area contributed by atoms with E-state index in [2.05, 4.69) is 24.1 Å². The minimum atomic E-state index is -0.744. The van der Waals surface area contributed by atoms with E-state index < -0.39 is 5.60 Å². The summed E-state index contributed by atoms with van der Waals surface area (Å²) in [5.74, 6) is 0. The Kier molecular flexibility index (Phi) is 9.59. The van der Waals surface area contributed by atoms with Crippen LogP contribution < -0.4 is 5.32 Å². The second kappa shape index (κ2) is 9.69. The second-order valence-corrected chi connectivity index (χ2v) is 5.29. The number of rotatable bonds is 11. The lowest BCUT2D eigenvalue weighted by molar-refractivity contribution is 0.00510. The van der Waals surface area contributed by atoms with Gasteiger partial charge >= 0.3 is 0 Å². The molecule has 0 rings (SSSR count). The lowest BCUT2D eigenvalue weighted by Gasteiger charge is -2.32. The third kappa shape index (κ3) is 9.79. The topological polar surface area (TPSA) is 54.0 Å². The van der Waals surface area contributed by atoms with Crippen molar-refractivity contribution < 1.29 is 14.6 Å². The Morgan fingerprint density at radius 1 is 1.17 bits per heavy atom. The molecule has 0 aromatic carbocycles. The SMILES string of the molecule is COCCN(CCOC)CC(C)(O)CNC(C)C. The molecule has 0 bridgehead atoms. The number of hydrogen-bond acceptors (Lipinski definition) is 5.